The number of benzene rings is 1. The van der Waals surface area contributed by atoms with Crippen molar-refractivity contribution in [2.24, 2.45) is 10.4 Å². The van der Waals surface area contributed by atoms with Crippen LogP contribution >= 0.6 is 0 Å². The number of hydrogen-bond donors (Lipinski definition) is 4. The second-order valence-corrected chi connectivity index (χ2v) is 7.13. The van der Waals surface area contributed by atoms with Gasteiger partial charge in [0.05, 0.1) is 5.56 Å². The molecule has 0 spiro atoms. The van der Waals surface area contributed by atoms with Gasteiger partial charge in [-0.25, -0.2) is 0 Å². The first kappa shape index (κ1) is 25.7. The first-order valence-electron chi connectivity index (χ1n) is 10.3. The lowest BCUT2D eigenvalue weighted by molar-refractivity contribution is -0.137. The Balaban J connectivity index is 2.56. The first-order valence-corrected chi connectivity index (χ1v) is 10.3. The Labute approximate surface area is 176 Å². The van der Waals surface area contributed by atoms with E-state index in [9.17, 15) is 23.1 Å². The summed E-state index contributed by atoms with van der Waals surface area (Å²) in [6.45, 7) is 8.19. The maximum Gasteiger partial charge on any atom is 0.416 e. The van der Waals surface area contributed by atoms with E-state index in [1.165, 1.54) is 0 Å². The molecule has 0 aliphatic rings. The Morgan fingerprint density at radius 2 is 1.60 bits per heavy atom. The predicted molar refractivity (Wildman–Crippen MR) is 112 cm³/mol. The highest BCUT2D eigenvalue weighted by Gasteiger charge is 2.30. The van der Waals surface area contributed by atoms with Crippen LogP contribution in [0.1, 0.15) is 56.0 Å². The third-order valence-electron chi connectivity index (χ3n) is 5.24. The van der Waals surface area contributed by atoms with Gasteiger partial charge in [-0.3, -0.25) is 9.79 Å². The minimum absolute atomic E-state index is 0.0477. The van der Waals surface area contributed by atoms with Crippen LogP contribution in [0.3, 0.4) is 0 Å². The molecule has 170 valence electrons. The van der Waals surface area contributed by atoms with Crippen molar-refractivity contribution in [1.29, 1.82) is 0 Å². The number of aliphatic hydroxyl groups excluding tert-OH is 1. The highest BCUT2D eigenvalue weighted by Crippen LogP contribution is 2.30. The van der Waals surface area contributed by atoms with Gasteiger partial charge in [-0.1, -0.05) is 13.8 Å². The SMILES string of the molecule is CCNC(=NCC(CC)(CC)CCO)NCCNC(=O)c1ccc(C(F)(F)F)cc1. The molecule has 1 aromatic rings. The molecule has 0 fully saturated rings. The van der Waals surface area contributed by atoms with E-state index >= 15 is 0 Å². The van der Waals surface area contributed by atoms with Gasteiger partial charge in [0.2, 0.25) is 0 Å². The molecule has 0 saturated heterocycles. The van der Waals surface area contributed by atoms with Crippen molar-refractivity contribution in [3.63, 3.8) is 0 Å². The van der Waals surface area contributed by atoms with Crippen LogP contribution in [0.2, 0.25) is 0 Å². The van der Waals surface area contributed by atoms with Crippen LogP contribution in [0.5, 0.6) is 0 Å². The van der Waals surface area contributed by atoms with Gasteiger partial charge in [0.25, 0.3) is 5.91 Å². The summed E-state index contributed by atoms with van der Waals surface area (Å²) in [5, 5.41) is 18.3. The number of aliphatic imine (C=N–C) groups is 1. The number of halogens is 3. The number of rotatable bonds is 11. The molecule has 9 heteroatoms. The number of carbonyl (C=O) groups excluding carboxylic acids is 1. The van der Waals surface area contributed by atoms with E-state index in [4.69, 9.17) is 0 Å². The van der Waals surface area contributed by atoms with Crippen molar-refractivity contribution in [3.8, 4) is 0 Å². The summed E-state index contributed by atoms with van der Waals surface area (Å²) >= 11 is 0. The van der Waals surface area contributed by atoms with E-state index in [0.29, 0.717) is 32.0 Å². The van der Waals surface area contributed by atoms with E-state index in [1.54, 1.807) is 0 Å². The van der Waals surface area contributed by atoms with Crippen LogP contribution in [0.25, 0.3) is 0 Å². The normalized spacial score (nSPS) is 12.6. The maximum atomic E-state index is 12.6. The summed E-state index contributed by atoms with van der Waals surface area (Å²) in [7, 11) is 0. The molecule has 0 saturated carbocycles. The third-order valence-corrected chi connectivity index (χ3v) is 5.24. The molecule has 0 radical (unpaired) electrons. The van der Waals surface area contributed by atoms with Crippen molar-refractivity contribution in [2.75, 3.05) is 32.8 Å². The summed E-state index contributed by atoms with van der Waals surface area (Å²) in [4.78, 5) is 16.7. The van der Waals surface area contributed by atoms with Gasteiger partial charge >= 0.3 is 6.18 Å². The van der Waals surface area contributed by atoms with Crippen molar-refractivity contribution >= 4 is 11.9 Å². The minimum atomic E-state index is -4.43. The summed E-state index contributed by atoms with van der Waals surface area (Å²) in [5.74, 6) is 0.178. The van der Waals surface area contributed by atoms with Crippen LogP contribution < -0.4 is 16.0 Å². The smallest absolute Gasteiger partial charge is 0.396 e. The molecular weight excluding hydrogens is 397 g/mol. The van der Waals surface area contributed by atoms with Gasteiger partial charge in [0.1, 0.15) is 0 Å². The Kier molecular flexibility index (Phi) is 10.7. The van der Waals surface area contributed by atoms with E-state index in [0.717, 1.165) is 37.1 Å². The van der Waals surface area contributed by atoms with Crippen LogP contribution in [-0.2, 0) is 6.18 Å². The quantitative estimate of drug-likeness (QED) is 0.247. The first-order chi connectivity index (χ1) is 14.2. The molecule has 4 N–H and O–H groups in total. The van der Waals surface area contributed by atoms with Gasteiger partial charge < -0.3 is 21.1 Å². The zero-order valence-electron chi connectivity index (χ0n) is 17.9. The number of nitrogens with one attached hydrogen (secondary N) is 3. The molecular formula is C21H33F3N4O2. The van der Waals surface area contributed by atoms with Crippen LogP contribution in [0, 0.1) is 5.41 Å². The molecule has 0 aliphatic heterocycles. The number of alkyl halides is 3. The Morgan fingerprint density at radius 3 is 2.10 bits per heavy atom. The molecule has 1 amide bonds. The number of carbonyl (C=O) groups is 1. The highest BCUT2D eigenvalue weighted by molar-refractivity contribution is 5.94. The van der Waals surface area contributed by atoms with Crippen LogP contribution in [-0.4, -0.2) is 49.8 Å². The summed E-state index contributed by atoms with van der Waals surface area (Å²) in [5.41, 5.74) is -0.666. The molecule has 30 heavy (non-hydrogen) atoms. The number of nitrogens with zero attached hydrogens (tertiary/aromatic N) is 1. The summed E-state index contributed by atoms with van der Waals surface area (Å²) in [6.07, 6.45) is -1.91. The molecule has 6 nitrogen and oxygen atoms in total. The number of guanidine groups is 1. The molecule has 0 heterocycles. The highest BCUT2D eigenvalue weighted by atomic mass is 19.4. The maximum absolute atomic E-state index is 12.6. The molecule has 1 aromatic carbocycles. The largest absolute Gasteiger partial charge is 0.416 e. The fourth-order valence-corrected chi connectivity index (χ4v) is 3.00. The standard InChI is InChI=1S/C21H33F3N4O2/c1-4-20(5-2,11-14-29)15-28-19(25-6-3)27-13-12-26-18(30)16-7-9-17(10-8-16)21(22,23)24/h7-10,29H,4-6,11-15H2,1-3H3,(H,26,30)(H2,25,27,28). The predicted octanol–water partition coefficient (Wildman–Crippen LogP) is 3.18. The van der Waals surface area contributed by atoms with Crippen molar-refractivity contribution in [1.82, 2.24) is 16.0 Å². The topological polar surface area (TPSA) is 85.8 Å². The number of hydrogen-bond acceptors (Lipinski definition) is 3. The molecule has 0 aliphatic carbocycles. The lowest BCUT2D eigenvalue weighted by Crippen LogP contribution is -2.42. The fraction of sp³-hybridized carbons (Fsp3) is 0.619. The zero-order chi connectivity index (χ0) is 22.6. The Bertz CT molecular complexity index is 672. The van der Waals surface area contributed by atoms with Gasteiger partial charge in [0, 0.05) is 38.3 Å². The zero-order valence-corrected chi connectivity index (χ0v) is 17.9. The molecule has 0 bridgehead atoms. The van der Waals surface area contributed by atoms with E-state index in [2.05, 4.69) is 34.8 Å². The van der Waals surface area contributed by atoms with Crippen molar-refractivity contribution in [3.05, 3.63) is 35.4 Å². The molecule has 1 rings (SSSR count). The Hall–Kier alpha value is -2.29. The number of amides is 1. The summed E-state index contributed by atoms with van der Waals surface area (Å²) in [6, 6.07) is 4.10. The fourth-order valence-electron chi connectivity index (χ4n) is 3.00. The number of aliphatic hydroxyl groups is 1. The van der Waals surface area contributed by atoms with Gasteiger partial charge in [-0.2, -0.15) is 13.2 Å². The van der Waals surface area contributed by atoms with Gasteiger partial charge in [-0.15, -0.1) is 0 Å². The average Bonchev–Trinajstić information content (AvgIpc) is 2.73. The second kappa shape index (κ2) is 12.4. The molecule has 0 unspecified atom stereocenters. The summed E-state index contributed by atoms with van der Waals surface area (Å²) < 4.78 is 37.8. The van der Waals surface area contributed by atoms with E-state index in [-0.39, 0.29) is 24.1 Å². The molecule has 0 aromatic heterocycles. The third kappa shape index (κ3) is 8.22. The minimum Gasteiger partial charge on any atom is -0.396 e. The van der Waals surface area contributed by atoms with E-state index in [1.807, 2.05) is 6.92 Å². The van der Waals surface area contributed by atoms with Crippen molar-refractivity contribution < 1.29 is 23.1 Å². The van der Waals surface area contributed by atoms with Crippen LogP contribution in [0.4, 0.5) is 13.2 Å². The average molecular weight is 431 g/mol. The van der Waals surface area contributed by atoms with Crippen molar-refractivity contribution in [2.45, 2.75) is 46.2 Å². The van der Waals surface area contributed by atoms with Gasteiger partial charge in [-0.05, 0) is 55.9 Å². The van der Waals surface area contributed by atoms with Crippen LogP contribution in [0.15, 0.2) is 29.3 Å². The second-order valence-electron chi connectivity index (χ2n) is 7.13. The van der Waals surface area contributed by atoms with E-state index < -0.39 is 17.6 Å². The Morgan fingerprint density at radius 1 is 1.00 bits per heavy atom. The molecule has 0 atom stereocenters. The van der Waals surface area contributed by atoms with Gasteiger partial charge in [0.15, 0.2) is 5.96 Å². The lowest BCUT2D eigenvalue weighted by Gasteiger charge is -2.29. The monoisotopic (exact) mass is 430 g/mol. The lowest BCUT2D eigenvalue weighted by atomic mass is 9.79.